The minimum atomic E-state index is -3.34. The lowest BCUT2D eigenvalue weighted by Gasteiger charge is -2.30. The second-order valence-electron chi connectivity index (χ2n) is 6.21. The number of fused-ring (bicyclic) bond motifs is 1. The zero-order valence-corrected chi connectivity index (χ0v) is 14.7. The van der Waals surface area contributed by atoms with Gasteiger partial charge in [-0.3, -0.25) is 4.79 Å². The molecule has 1 fully saturated rings. The molecule has 7 heteroatoms. The van der Waals surface area contributed by atoms with Gasteiger partial charge in [-0.15, -0.1) is 12.4 Å². The molecule has 0 radical (unpaired) electrons. The molecule has 23 heavy (non-hydrogen) atoms. The first-order valence-electron chi connectivity index (χ1n) is 7.88. The number of carbonyl (C=O) groups is 1. The lowest BCUT2D eigenvalue weighted by molar-refractivity contribution is -0.116. The summed E-state index contributed by atoms with van der Waals surface area (Å²) in [6.07, 6.45) is 4.93. The number of hydrogen-bond donors (Lipinski definition) is 1. The van der Waals surface area contributed by atoms with E-state index in [-0.39, 0.29) is 29.3 Å². The van der Waals surface area contributed by atoms with Gasteiger partial charge in [0.1, 0.15) is 5.75 Å². The van der Waals surface area contributed by atoms with Crippen molar-refractivity contribution in [3.63, 3.8) is 0 Å². The van der Waals surface area contributed by atoms with Crippen LogP contribution < -0.4 is 10.6 Å². The molecule has 0 atom stereocenters. The summed E-state index contributed by atoms with van der Waals surface area (Å²) in [7, 11) is -3.34. The van der Waals surface area contributed by atoms with E-state index < -0.39 is 9.84 Å². The van der Waals surface area contributed by atoms with Crippen LogP contribution in [0.2, 0.25) is 0 Å². The van der Waals surface area contributed by atoms with Crippen molar-refractivity contribution in [2.45, 2.75) is 43.8 Å². The van der Waals surface area contributed by atoms with Crippen molar-refractivity contribution < 1.29 is 13.2 Å². The minimum Gasteiger partial charge on any atom is -0.398 e. The first kappa shape index (κ1) is 18.1. The van der Waals surface area contributed by atoms with Gasteiger partial charge < -0.3 is 10.6 Å². The Hall–Kier alpha value is -1.27. The maximum atomic E-state index is 12.6. The van der Waals surface area contributed by atoms with E-state index in [1.807, 2.05) is 18.2 Å². The predicted molar refractivity (Wildman–Crippen MR) is 94.8 cm³/mol. The van der Waals surface area contributed by atoms with Crippen LogP contribution in [0.1, 0.15) is 37.7 Å². The van der Waals surface area contributed by atoms with Crippen LogP contribution in [0.3, 0.4) is 0 Å². The number of sulfone groups is 1. The van der Waals surface area contributed by atoms with Crippen molar-refractivity contribution in [2.24, 2.45) is 0 Å². The van der Waals surface area contributed by atoms with Gasteiger partial charge in [0.15, 0.2) is 9.84 Å². The van der Waals surface area contributed by atoms with Gasteiger partial charge in [-0.25, -0.2) is 8.42 Å². The van der Waals surface area contributed by atoms with E-state index in [1.54, 1.807) is 4.90 Å². The molecule has 2 N–H and O–H groups in total. The van der Waals surface area contributed by atoms with Gasteiger partial charge in [0.2, 0.25) is 5.91 Å². The molecule has 1 amide bonds. The Kier molecular flexibility index (Phi) is 5.57. The van der Waals surface area contributed by atoms with Gasteiger partial charge in [0, 0.05) is 17.9 Å². The third kappa shape index (κ3) is 3.63. The van der Waals surface area contributed by atoms with Crippen LogP contribution in [-0.2, 0) is 21.1 Å². The fourth-order valence-corrected chi connectivity index (χ4v) is 5.31. The molecule has 5 nitrogen and oxygen atoms in total. The molecular formula is C16H23ClN2O3S. The molecule has 0 saturated heterocycles. The van der Waals surface area contributed by atoms with Crippen molar-refractivity contribution in [3.05, 3.63) is 23.8 Å². The highest BCUT2D eigenvalue weighted by Crippen LogP contribution is 2.32. The summed E-state index contributed by atoms with van der Waals surface area (Å²) in [5, 5.41) is -0.332. The SMILES string of the molecule is Cl.Nc1cccc2c1CCCN2C(=O)CS(=O)(=O)C1CCCC1. The van der Waals surface area contributed by atoms with E-state index in [4.69, 9.17) is 5.73 Å². The molecular weight excluding hydrogens is 336 g/mol. The number of nitrogens with zero attached hydrogens (tertiary/aromatic N) is 1. The number of benzene rings is 1. The Morgan fingerprint density at radius 2 is 1.91 bits per heavy atom. The van der Waals surface area contributed by atoms with E-state index in [2.05, 4.69) is 0 Å². The lowest BCUT2D eigenvalue weighted by atomic mass is 10.00. The minimum absolute atomic E-state index is 0. The molecule has 1 aliphatic carbocycles. The highest BCUT2D eigenvalue weighted by Gasteiger charge is 2.33. The number of carbonyl (C=O) groups excluding carboxylic acids is 1. The van der Waals surface area contributed by atoms with Crippen molar-refractivity contribution in [1.29, 1.82) is 0 Å². The first-order chi connectivity index (χ1) is 10.5. The molecule has 2 aliphatic rings. The molecule has 0 spiro atoms. The molecule has 1 aromatic rings. The summed E-state index contributed by atoms with van der Waals surface area (Å²) < 4.78 is 24.8. The summed E-state index contributed by atoms with van der Waals surface area (Å²) in [5.41, 5.74) is 8.38. The number of rotatable bonds is 3. The van der Waals surface area contributed by atoms with Gasteiger partial charge in [-0.05, 0) is 43.4 Å². The summed E-state index contributed by atoms with van der Waals surface area (Å²) >= 11 is 0. The fraction of sp³-hybridized carbons (Fsp3) is 0.562. The number of nitrogen functional groups attached to an aromatic ring is 1. The molecule has 128 valence electrons. The molecule has 1 heterocycles. The average Bonchev–Trinajstić information content (AvgIpc) is 3.02. The number of anilines is 2. The lowest BCUT2D eigenvalue weighted by Crippen LogP contribution is -2.41. The van der Waals surface area contributed by atoms with Crippen LogP contribution in [0.4, 0.5) is 11.4 Å². The van der Waals surface area contributed by atoms with Crippen molar-refractivity contribution in [3.8, 4) is 0 Å². The fourth-order valence-electron chi connectivity index (χ4n) is 3.53. The summed E-state index contributed by atoms with van der Waals surface area (Å²) in [6, 6.07) is 5.48. The molecule has 3 rings (SSSR count). The van der Waals surface area contributed by atoms with Crippen LogP contribution in [0.15, 0.2) is 18.2 Å². The van der Waals surface area contributed by atoms with Crippen LogP contribution in [0.5, 0.6) is 0 Å². The zero-order valence-electron chi connectivity index (χ0n) is 13.0. The maximum absolute atomic E-state index is 12.6. The number of nitrogens with two attached hydrogens (primary N) is 1. The Morgan fingerprint density at radius 1 is 1.22 bits per heavy atom. The monoisotopic (exact) mass is 358 g/mol. The van der Waals surface area contributed by atoms with E-state index in [0.29, 0.717) is 25.1 Å². The second kappa shape index (κ2) is 7.09. The van der Waals surface area contributed by atoms with Crippen LogP contribution in [0, 0.1) is 0 Å². The Bertz CT molecular complexity index is 685. The van der Waals surface area contributed by atoms with Crippen LogP contribution in [0.25, 0.3) is 0 Å². The van der Waals surface area contributed by atoms with Gasteiger partial charge >= 0.3 is 0 Å². The normalized spacial score (nSPS) is 18.3. The molecule has 1 aromatic carbocycles. The van der Waals surface area contributed by atoms with Crippen LogP contribution >= 0.6 is 12.4 Å². The van der Waals surface area contributed by atoms with Crippen molar-refractivity contribution in [1.82, 2.24) is 0 Å². The zero-order chi connectivity index (χ0) is 15.7. The number of amides is 1. The van der Waals surface area contributed by atoms with Crippen molar-refractivity contribution >= 4 is 39.5 Å². The first-order valence-corrected chi connectivity index (χ1v) is 9.60. The maximum Gasteiger partial charge on any atom is 0.242 e. The largest absolute Gasteiger partial charge is 0.398 e. The highest BCUT2D eigenvalue weighted by atomic mass is 35.5. The van der Waals surface area contributed by atoms with E-state index in [9.17, 15) is 13.2 Å². The molecule has 0 unspecified atom stereocenters. The van der Waals surface area contributed by atoms with Gasteiger partial charge in [0.05, 0.1) is 5.25 Å². The van der Waals surface area contributed by atoms with Crippen LogP contribution in [-0.4, -0.2) is 31.9 Å². The molecule has 0 bridgehead atoms. The topological polar surface area (TPSA) is 80.5 Å². The third-order valence-electron chi connectivity index (χ3n) is 4.72. The average molecular weight is 359 g/mol. The van der Waals surface area contributed by atoms with E-state index in [1.165, 1.54) is 0 Å². The molecule has 0 aromatic heterocycles. The quantitative estimate of drug-likeness (QED) is 0.841. The summed E-state index contributed by atoms with van der Waals surface area (Å²) in [4.78, 5) is 14.1. The van der Waals surface area contributed by atoms with E-state index in [0.717, 1.165) is 36.9 Å². The van der Waals surface area contributed by atoms with Gasteiger partial charge in [-0.1, -0.05) is 18.9 Å². The summed E-state index contributed by atoms with van der Waals surface area (Å²) in [5.74, 6) is -0.704. The second-order valence-corrected chi connectivity index (χ2v) is 8.49. The number of halogens is 1. The molecule has 1 saturated carbocycles. The third-order valence-corrected chi connectivity index (χ3v) is 6.86. The standard InChI is InChI=1S/C16H22N2O3S.ClH/c17-14-8-3-9-15-13(14)7-4-10-18(15)16(19)11-22(20,21)12-5-1-2-6-12;/h3,8-9,12H,1-2,4-7,10-11,17H2;1H. The van der Waals surface area contributed by atoms with Gasteiger partial charge in [0.25, 0.3) is 0 Å². The van der Waals surface area contributed by atoms with Crippen molar-refractivity contribution in [2.75, 3.05) is 22.9 Å². The molecule has 1 aliphatic heterocycles. The highest BCUT2D eigenvalue weighted by molar-refractivity contribution is 7.92. The predicted octanol–water partition coefficient (Wildman–Crippen LogP) is 2.33. The Morgan fingerprint density at radius 3 is 2.61 bits per heavy atom. The Labute approximate surface area is 143 Å². The number of hydrogen-bond acceptors (Lipinski definition) is 4. The van der Waals surface area contributed by atoms with E-state index >= 15 is 0 Å². The van der Waals surface area contributed by atoms with Gasteiger partial charge in [-0.2, -0.15) is 0 Å². The summed E-state index contributed by atoms with van der Waals surface area (Å²) in [6.45, 7) is 0.565. The Balaban J connectivity index is 0.00000192. The smallest absolute Gasteiger partial charge is 0.242 e.